The van der Waals surface area contributed by atoms with Crippen molar-refractivity contribution in [3.8, 4) is 0 Å². The van der Waals surface area contributed by atoms with Gasteiger partial charge >= 0.3 is 0 Å². The summed E-state index contributed by atoms with van der Waals surface area (Å²) in [5.41, 5.74) is 5.80. The van der Waals surface area contributed by atoms with E-state index in [9.17, 15) is 12.8 Å². The third-order valence-corrected chi connectivity index (χ3v) is 5.42. The zero-order chi connectivity index (χ0) is 14.2. The summed E-state index contributed by atoms with van der Waals surface area (Å²) in [6.45, 7) is 2.05. The Morgan fingerprint density at radius 2 is 2.21 bits per heavy atom. The molecule has 0 aliphatic heterocycles. The fourth-order valence-corrected chi connectivity index (χ4v) is 3.82. The molecular weight excluding hydrogens is 335 g/mol. The molecule has 0 aromatic heterocycles. The molecule has 1 saturated carbocycles. The van der Waals surface area contributed by atoms with Gasteiger partial charge in [-0.15, -0.1) is 0 Å². The maximum atomic E-state index is 13.7. The van der Waals surface area contributed by atoms with Gasteiger partial charge in [0.2, 0.25) is 10.0 Å². The predicted molar refractivity (Wildman–Crippen MR) is 75.6 cm³/mol. The van der Waals surface area contributed by atoms with Crippen LogP contribution in [0.2, 0.25) is 0 Å². The SMILES string of the molecule is CCCC1CC1NS(=O)(=O)c1cc(N)c(Br)cc1F. The summed E-state index contributed by atoms with van der Waals surface area (Å²) in [5, 5.41) is 0. The average molecular weight is 351 g/mol. The van der Waals surface area contributed by atoms with E-state index in [1.54, 1.807) is 0 Å². The van der Waals surface area contributed by atoms with Gasteiger partial charge in [-0.1, -0.05) is 13.3 Å². The van der Waals surface area contributed by atoms with Crippen LogP contribution in [-0.4, -0.2) is 14.5 Å². The van der Waals surface area contributed by atoms with Gasteiger partial charge in [0.05, 0.1) is 0 Å². The van der Waals surface area contributed by atoms with E-state index in [1.165, 1.54) is 0 Å². The number of benzene rings is 1. The molecule has 2 atom stereocenters. The molecule has 0 amide bonds. The van der Waals surface area contributed by atoms with Crippen LogP contribution in [0, 0.1) is 11.7 Å². The van der Waals surface area contributed by atoms with Crippen molar-refractivity contribution < 1.29 is 12.8 Å². The highest BCUT2D eigenvalue weighted by atomic mass is 79.9. The monoisotopic (exact) mass is 350 g/mol. The smallest absolute Gasteiger partial charge is 0.243 e. The van der Waals surface area contributed by atoms with E-state index in [0.717, 1.165) is 31.4 Å². The molecule has 19 heavy (non-hydrogen) atoms. The Bertz CT molecular complexity index is 592. The third kappa shape index (κ3) is 3.27. The molecule has 0 heterocycles. The molecule has 0 radical (unpaired) electrons. The van der Waals surface area contributed by atoms with E-state index in [4.69, 9.17) is 5.73 Å². The summed E-state index contributed by atoms with van der Waals surface area (Å²) in [6.07, 6.45) is 2.82. The summed E-state index contributed by atoms with van der Waals surface area (Å²) in [5.74, 6) is -0.433. The summed E-state index contributed by atoms with van der Waals surface area (Å²) in [6, 6.07) is 2.13. The first kappa shape index (κ1) is 14.7. The highest BCUT2D eigenvalue weighted by Crippen LogP contribution is 2.36. The number of hydrogen-bond acceptors (Lipinski definition) is 3. The molecule has 1 aromatic rings. The van der Waals surface area contributed by atoms with Crippen LogP contribution in [0.3, 0.4) is 0 Å². The number of nitrogen functional groups attached to an aromatic ring is 1. The van der Waals surface area contributed by atoms with Gasteiger partial charge in [-0.25, -0.2) is 17.5 Å². The Balaban J connectivity index is 2.19. The van der Waals surface area contributed by atoms with Crippen molar-refractivity contribution in [2.45, 2.75) is 37.1 Å². The van der Waals surface area contributed by atoms with Crippen LogP contribution in [0.25, 0.3) is 0 Å². The van der Waals surface area contributed by atoms with Gasteiger partial charge in [0.25, 0.3) is 0 Å². The maximum absolute atomic E-state index is 13.7. The summed E-state index contributed by atoms with van der Waals surface area (Å²) < 4.78 is 40.8. The average Bonchev–Trinajstić information content (AvgIpc) is 3.01. The molecule has 1 aliphatic carbocycles. The van der Waals surface area contributed by atoms with Crippen LogP contribution in [0.5, 0.6) is 0 Å². The molecule has 7 heteroatoms. The van der Waals surface area contributed by atoms with Crippen LogP contribution in [-0.2, 0) is 10.0 Å². The minimum absolute atomic E-state index is 0.0748. The second kappa shape index (κ2) is 5.38. The largest absolute Gasteiger partial charge is 0.398 e. The van der Waals surface area contributed by atoms with Crippen molar-refractivity contribution in [2.75, 3.05) is 5.73 Å². The minimum Gasteiger partial charge on any atom is -0.398 e. The zero-order valence-electron chi connectivity index (χ0n) is 10.5. The maximum Gasteiger partial charge on any atom is 0.243 e. The lowest BCUT2D eigenvalue weighted by atomic mass is 10.2. The van der Waals surface area contributed by atoms with Gasteiger partial charge in [-0.05, 0) is 46.8 Å². The van der Waals surface area contributed by atoms with Gasteiger partial charge in [0.15, 0.2) is 0 Å². The molecule has 2 unspecified atom stereocenters. The predicted octanol–water partition coefficient (Wildman–Crippen LogP) is 2.64. The molecular formula is C12H16BrFN2O2S. The van der Waals surface area contributed by atoms with E-state index in [0.29, 0.717) is 10.4 Å². The Labute approximate surface area is 120 Å². The number of halogens is 2. The normalized spacial score (nSPS) is 22.5. The molecule has 3 N–H and O–H groups in total. The van der Waals surface area contributed by atoms with Crippen molar-refractivity contribution in [1.82, 2.24) is 4.72 Å². The number of rotatable bonds is 5. The third-order valence-electron chi connectivity index (χ3n) is 3.23. The Morgan fingerprint density at radius 1 is 1.53 bits per heavy atom. The first-order valence-electron chi connectivity index (χ1n) is 6.12. The molecule has 1 aromatic carbocycles. The lowest BCUT2D eigenvalue weighted by Gasteiger charge is -2.09. The fraction of sp³-hybridized carbons (Fsp3) is 0.500. The standard InChI is InChI=1S/C12H16BrFN2O2S/c1-2-3-7-4-11(7)16-19(17,18)12-6-10(15)8(13)5-9(12)14/h5-7,11,16H,2-4,15H2,1H3. The molecule has 0 bridgehead atoms. The number of hydrogen-bond donors (Lipinski definition) is 2. The molecule has 0 spiro atoms. The van der Waals surface area contributed by atoms with E-state index in [2.05, 4.69) is 27.6 Å². The number of nitrogens with two attached hydrogens (primary N) is 1. The topological polar surface area (TPSA) is 72.2 Å². The second-order valence-corrected chi connectivity index (χ2v) is 7.35. The molecule has 0 saturated heterocycles. The second-order valence-electron chi connectivity index (χ2n) is 4.82. The highest BCUT2D eigenvalue weighted by Gasteiger charge is 2.39. The summed E-state index contributed by atoms with van der Waals surface area (Å²) >= 11 is 3.06. The van der Waals surface area contributed by atoms with Gasteiger partial charge in [0.1, 0.15) is 10.7 Å². The molecule has 2 rings (SSSR count). The van der Waals surface area contributed by atoms with E-state index in [-0.39, 0.29) is 11.7 Å². The lowest BCUT2D eigenvalue weighted by molar-refractivity contribution is 0.551. The van der Waals surface area contributed by atoms with Crippen LogP contribution in [0.4, 0.5) is 10.1 Å². The molecule has 106 valence electrons. The minimum atomic E-state index is -3.84. The van der Waals surface area contributed by atoms with Crippen molar-refractivity contribution in [3.05, 3.63) is 22.4 Å². The van der Waals surface area contributed by atoms with Crippen LogP contribution >= 0.6 is 15.9 Å². The van der Waals surface area contributed by atoms with Crippen molar-refractivity contribution in [1.29, 1.82) is 0 Å². The zero-order valence-corrected chi connectivity index (χ0v) is 12.9. The van der Waals surface area contributed by atoms with Crippen molar-refractivity contribution in [3.63, 3.8) is 0 Å². The van der Waals surface area contributed by atoms with E-state index in [1.807, 2.05) is 0 Å². The first-order chi connectivity index (χ1) is 8.85. The van der Waals surface area contributed by atoms with Crippen LogP contribution < -0.4 is 10.5 Å². The van der Waals surface area contributed by atoms with E-state index >= 15 is 0 Å². The van der Waals surface area contributed by atoms with Crippen molar-refractivity contribution in [2.24, 2.45) is 5.92 Å². The lowest BCUT2D eigenvalue weighted by Crippen LogP contribution is -2.28. The summed E-state index contributed by atoms with van der Waals surface area (Å²) in [4.78, 5) is -0.393. The molecule has 4 nitrogen and oxygen atoms in total. The fourth-order valence-electron chi connectivity index (χ4n) is 2.10. The van der Waals surface area contributed by atoms with Gasteiger partial charge in [-0.3, -0.25) is 0 Å². The molecule has 1 aliphatic rings. The van der Waals surface area contributed by atoms with Crippen LogP contribution in [0.1, 0.15) is 26.2 Å². The Hall–Kier alpha value is -0.660. The Morgan fingerprint density at radius 3 is 2.84 bits per heavy atom. The molecule has 1 fully saturated rings. The van der Waals surface area contributed by atoms with Gasteiger partial charge in [-0.2, -0.15) is 0 Å². The highest BCUT2D eigenvalue weighted by molar-refractivity contribution is 9.10. The quantitative estimate of drug-likeness (QED) is 0.801. The van der Waals surface area contributed by atoms with Gasteiger partial charge < -0.3 is 5.73 Å². The Kier molecular flexibility index (Phi) is 4.17. The number of sulfonamides is 1. The number of anilines is 1. The summed E-state index contributed by atoms with van der Waals surface area (Å²) in [7, 11) is -3.84. The number of nitrogens with one attached hydrogen (secondary N) is 1. The van der Waals surface area contributed by atoms with E-state index < -0.39 is 20.7 Å². The van der Waals surface area contributed by atoms with Crippen LogP contribution in [0.15, 0.2) is 21.5 Å². The van der Waals surface area contributed by atoms with Crippen molar-refractivity contribution >= 4 is 31.6 Å². The first-order valence-corrected chi connectivity index (χ1v) is 8.39. The van der Waals surface area contributed by atoms with Gasteiger partial charge in [0, 0.05) is 16.2 Å².